The number of hydrogen-bond acceptors (Lipinski definition) is 2. The maximum atomic E-state index is 12.9. The summed E-state index contributed by atoms with van der Waals surface area (Å²) in [5.41, 5.74) is 0.460. The van der Waals surface area contributed by atoms with Crippen molar-refractivity contribution in [2.24, 2.45) is 29.6 Å². The van der Waals surface area contributed by atoms with Crippen LogP contribution in [0.15, 0.2) is 42.5 Å². The number of benzene rings is 2. The summed E-state index contributed by atoms with van der Waals surface area (Å²) in [6.07, 6.45) is 2.22. The van der Waals surface area contributed by atoms with Gasteiger partial charge in [0.05, 0.1) is 5.92 Å². The molecule has 0 radical (unpaired) electrons. The second-order valence-electron chi connectivity index (χ2n) is 8.71. The van der Waals surface area contributed by atoms with E-state index in [1.807, 2.05) is 26.0 Å². The molecule has 2 aliphatic carbocycles. The zero-order valence-electron chi connectivity index (χ0n) is 15.7. The van der Waals surface area contributed by atoms with Crippen LogP contribution in [0.3, 0.4) is 0 Å². The van der Waals surface area contributed by atoms with Crippen LogP contribution in [-0.4, -0.2) is 5.97 Å². The van der Waals surface area contributed by atoms with Gasteiger partial charge in [-0.2, -0.15) is 0 Å². The third-order valence-electron chi connectivity index (χ3n) is 7.00. The lowest BCUT2D eigenvalue weighted by molar-refractivity contribution is -0.165. The summed E-state index contributed by atoms with van der Waals surface area (Å²) in [7, 11) is 0. The number of rotatable bonds is 3. The zero-order chi connectivity index (χ0) is 17.8. The van der Waals surface area contributed by atoms with Crippen molar-refractivity contribution < 1.29 is 9.53 Å². The van der Waals surface area contributed by atoms with Gasteiger partial charge >= 0.3 is 5.97 Å². The Labute approximate surface area is 150 Å². The van der Waals surface area contributed by atoms with Crippen molar-refractivity contribution in [3.05, 3.63) is 48.0 Å². The summed E-state index contributed by atoms with van der Waals surface area (Å²) in [5.74, 6) is 2.71. The van der Waals surface area contributed by atoms with Crippen LogP contribution in [0.5, 0.6) is 0 Å². The smallest absolute Gasteiger partial charge is 0.310 e. The summed E-state index contributed by atoms with van der Waals surface area (Å²) < 4.78 is 6.05. The highest BCUT2D eigenvalue weighted by Gasteiger charge is 2.52. The monoisotopic (exact) mass is 336 g/mol. The standard InChI is InChI=1S/C23H28O2/c1-14-15(2)20-12-18(14)13-21(20)22(24)25-23(3,4)19-10-9-16-7-5-6-8-17(16)11-19/h5-11,14-15,18,20-21H,12-13H2,1-4H3. The van der Waals surface area contributed by atoms with E-state index in [0.717, 1.165) is 17.9 Å². The van der Waals surface area contributed by atoms with Gasteiger partial charge in [0, 0.05) is 0 Å². The highest BCUT2D eigenvalue weighted by Crippen LogP contribution is 2.55. The van der Waals surface area contributed by atoms with Crippen molar-refractivity contribution in [3.8, 4) is 0 Å². The Morgan fingerprint density at radius 2 is 1.72 bits per heavy atom. The SMILES string of the molecule is CC1C2CC(C(=O)OC(C)(C)c3ccc4ccccc4c3)C(C2)C1C. The lowest BCUT2D eigenvalue weighted by atomic mass is 9.75. The highest BCUT2D eigenvalue weighted by atomic mass is 16.6. The Morgan fingerprint density at radius 1 is 1.00 bits per heavy atom. The Balaban J connectivity index is 1.53. The summed E-state index contributed by atoms with van der Waals surface area (Å²) in [5, 5.41) is 2.40. The fourth-order valence-electron chi connectivity index (χ4n) is 5.16. The Bertz CT molecular complexity index is 805. The lowest BCUT2D eigenvalue weighted by Crippen LogP contribution is -2.35. The molecule has 0 aliphatic heterocycles. The minimum Gasteiger partial charge on any atom is -0.455 e. The molecule has 2 fully saturated rings. The summed E-state index contributed by atoms with van der Waals surface area (Å²) in [6.45, 7) is 8.67. The van der Waals surface area contributed by atoms with Gasteiger partial charge in [-0.15, -0.1) is 0 Å². The average molecular weight is 336 g/mol. The van der Waals surface area contributed by atoms with E-state index in [0.29, 0.717) is 17.8 Å². The number of esters is 1. The molecule has 5 atom stereocenters. The van der Waals surface area contributed by atoms with Gasteiger partial charge in [-0.3, -0.25) is 4.79 Å². The van der Waals surface area contributed by atoms with E-state index >= 15 is 0 Å². The van der Waals surface area contributed by atoms with Crippen LogP contribution < -0.4 is 0 Å². The molecule has 132 valence electrons. The second kappa shape index (κ2) is 5.86. The van der Waals surface area contributed by atoms with Crippen LogP contribution in [-0.2, 0) is 15.1 Å². The largest absolute Gasteiger partial charge is 0.455 e. The molecule has 2 saturated carbocycles. The van der Waals surface area contributed by atoms with E-state index in [-0.39, 0.29) is 11.9 Å². The van der Waals surface area contributed by atoms with Crippen molar-refractivity contribution in [1.82, 2.24) is 0 Å². The van der Waals surface area contributed by atoms with Crippen molar-refractivity contribution >= 4 is 16.7 Å². The van der Waals surface area contributed by atoms with Gasteiger partial charge in [0.2, 0.25) is 0 Å². The summed E-state index contributed by atoms with van der Waals surface area (Å²) in [4.78, 5) is 12.9. The maximum Gasteiger partial charge on any atom is 0.310 e. The number of ether oxygens (including phenoxy) is 1. The molecular weight excluding hydrogens is 308 g/mol. The molecule has 0 saturated heterocycles. The van der Waals surface area contributed by atoms with Gasteiger partial charge in [-0.1, -0.05) is 50.2 Å². The number of carbonyl (C=O) groups excluding carboxylic acids is 1. The highest BCUT2D eigenvalue weighted by molar-refractivity contribution is 5.83. The number of carbonyl (C=O) groups is 1. The van der Waals surface area contributed by atoms with Crippen LogP contribution in [0, 0.1) is 29.6 Å². The van der Waals surface area contributed by atoms with Crippen molar-refractivity contribution in [2.45, 2.75) is 46.1 Å². The molecule has 0 heterocycles. The third-order valence-corrected chi connectivity index (χ3v) is 7.00. The van der Waals surface area contributed by atoms with Gasteiger partial charge < -0.3 is 4.74 Å². The molecule has 0 amide bonds. The number of fused-ring (bicyclic) bond motifs is 3. The molecule has 0 spiro atoms. The fourth-order valence-corrected chi connectivity index (χ4v) is 5.16. The van der Waals surface area contributed by atoms with Gasteiger partial charge in [0.1, 0.15) is 5.60 Å². The van der Waals surface area contributed by atoms with Crippen molar-refractivity contribution in [1.29, 1.82) is 0 Å². The van der Waals surface area contributed by atoms with Crippen molar-refractivity contribution in [2.75, 3.05) is 0 Å². The van der Waals surface area contributed by atoms with E-state index in [1.165, 1.54) is 17.2 Å². The van der Waals surface area contributed by atoms with Crippen molar-refractivity contribution in [3.63, 3.8) is 0 Å². The van der Waals surface area contributed by atoms with Gasteiger partial charge in [0.25, 0.3) is 0 Å². The Hall–Kier alpha value is -1.83. The van der Waals surface area contributed by atoms with E-state index in [2.05, 4.69) is 44.2 Å². The quantitative estimate of drug-likeness (QED) is 0.687. The molecule has 2 aromatic carbocycles. The third kappa shape index (κ3) is 2.76. The predicted octanol–water partition coefficient (Wildman–Crippen LogP) is 5.55. The molecule has 0 N–H and O–H groups in total. The summed E-state index contributed by atoms with van der Waals surface area (Å²) in [6, 6.07) is 14.6. The molecule has 0 aromatic heterocycles. The minimum atomic E-state index is -0.599. The van der Waals surface area contributed by atoms with Crippen LogP contribution >= 0.6 is 0 Å². The molecular formula is C23H28O2. The molecule has 2 nitrogen and oxygen atoms in total. The Morgan fingerprint density at radius 3 is 2.40 bits per heavy atom. The average Bonchev–Trinajstić information content (AvgIpc) is 3.14. The van der Waals surface area contributed by atoms with E-state index in [9.17, 15) is 4.79 Å². The molecule has 2 heteroatoms. The van der Waals surface area contributed by atoms with Crippen LogP contribution in [0.2, 0.25) is 0 Å². The van der Waals surface area contributed by atoms with E-state index in [1.54, 1.807) is 0 Å². The van der Waals surface area contributed by atoms with Gasteiger partial charge in [0.15, 0.2) is 0 Å². The first-order chi connectivity index (χ1) is 11.9. The Kier molecular flexibility index (Phi) is 3.90. The maximum absolute atomic E-state index is 12.9. The van der Waals surface area contributed by atoms with Crippen LogP contribution in [0.4, 0.5) is 0 Å². The molecule has 2 aromatic rings. The number of hydrogen-bond donors (Lipinski definition) is 0. The first-order valence-electron chi connectivity index (χ1n) is 9.59. The first-order valence-corrected chi connectivity index (χ1v) is 9.59. The van der Waals surface area contributed by atoms with E-state index in [4.69, 9.17) is 4.74 Å². The molecule has 5 unspecified atom stereocenters. The molecule has 4 rings (SSSR count). The minimum absolute atomic E-state index is 0.00408. The molecule has 25 heavy (non-hydrogen) atoms. The van der Waals surface area contributed by atoms with Crippen LogP contribution in [0.25, 0.3) is 10.8 Å². The zero-order valence-corrected chi connectivity index (χ0v) is 15.7. The predicted molar refractivity (Wildman–Crippen MR) is 101 cm³/mol. The van der Waals surface area contributed by atoms with Gasteiger partial charge in [-0.25, -0.2) is 0 Å². The lowest BCUT2D eigenvalue weighted by Gasteiger charge is -2.33. The topological polar surface area (TPSA) is 26.3 Å². The fraction of sp³-hybridized carbons (Fsp3) is 0.522. The summed E-state index contributed by atoms with van der Waals surface area (Å²) >= 11 is 0. The second-order valence-corrected chi connectivity index (χ2v) is 8.71. The van der Waals surface area contributed by atoms with E-state index < -0.39 is 5.60 Å². The molecule has 2 bridgehead atoms. The first kappa shape index (κ1) is 16.6. The van der Waals surface area contributed by atoms with Crippen LogP contribution in [0.1, 0.15) is 46.1 Å². The molecule has 2 aliphatic rings. The van der Waals surface area contributed by atoms with Gasteiger partial charge in [-0.05, 0) is 72.8 Å². The normalized spacial score (nSPS) is 31.4.